The molecule has 1 aromatic heterocycles. The summed E-state index contributed by atoms with van der Waals surface area (Å²) in [6.07, 6.45) is 0. The summed E-state index contributed by atoms with van der Waals surface area (Å²) in [7, 11) is 0. The number of anilines is 1. The molecule has 1 aliphatic heterocycles. The third-order valence-electron chi connectivity index (χ3n) is 3.69. The number of urea groups is 1. The third-order valence-corrected chi connectivity index (χ3v) is 4.70. The molecule has 0 bridgehead atoms. The first-order valence-corrected chi connectivity index (χ1v) is 8.53. The van der Waals surface area contributed by atoms with Gasteiger partial charge >= 0.3 is 6.03 Å². The van der Waals surface area contributed by atoms with Crippen molar-refractivity contribution in [3.05, 3.63) is 35.3 Å². The van der Waals surface area contributed by atoms with Gasteiger partial charge in [-0.2, -0.15) is 0 Å². The first-order valence-electron chi connectivity index (χ1n) is 7.65. The highest BCUT2D eigenvalue weighted by Gasteiger charge is 2.29. The molecule has 23 heavy (non-hydrogen) atoms. The van der Waals surface area contributed by atoms with Gasteiger partial charge in [-0.3, -0.25) is 0 Å². The van der Waals surface area contributed by atoms with Gasteiger partial charge in [0, 0.05) is 28.9 Å². The van der Waals surface area contributed by atoms with Gasteiger partial charge in [-0.15, -0.1) is 11.3 Å². The van der Waals surface area contributed by atoms with Crippen LogP contribution >= 0.6 is 11.3 Å². The number of hydrogen-bond acceptors (Lipinski definition) is 4. The minimum absolute atomic E-state index is 0.0890. The molecule has 2 amide bonds. The van der Waals surface area contributed by atoms with Crippen LogP contribution in [-0.2, 0) is 4.74 Å². The fourth-order valence-corrected chi connectivity index (χ4v) is 3.40. The molecule has 0 atom stereocenters. The van der Waals surface area contributed by atoms with E-state index < -0.39 is 0 Å². The van der Waals surface area contributed by atoms with Crippen LogP contribution in [0.4, 0.5) is 10.5 Å². The lowest BCUT2D eigenvalue weighted by atomic mass is 10.1. The maximum absolute atomic E-state index is 12.5. The average molecular weight is 331 g/mol. The topological polar surface area (TPSA) is 54.5 Å². The molecule has 0 saturated carbocycles. The molecular weight excluding hydrogens is 310 g/mol. The number of rotatable bonds is 2. The number of thiazole rings is 1. The summed E-state index contributed by atoms with van der Waals surface area (Å²) >= 11 is 1.61. The maximum atomic E-state index is 12.5. The lowest BCUT2D eigenvalue weighted by Crippen LogP contribution is -2.51. The first kappa shape index (κ1) is 16.0. The van der Waals surface area contributed by atoms with Crippen molar-refractivity contribution in [1.29, 1.82) is 0 Å². The number of hydrogen-bond donors (Lipinski definition) is 1. The Balaban J connectivity index is 1.71. The fraction of sp³-hybridized carbons (Fsp3) is 0.412. The number of benzene rings is 1. The van der Waals surface area contributed by atoms with E-state index in [1.807, 2.05) is 50.4 Å². The predicted octanol–water partition coefficient (Wildman–Crippen LogP) is 3.76. The number of aromatic nitrogens is 1. The second-order valence-corrected chi connectivity index (χ2v) is 7.19. The van der Waals surface area contributed by atoms with Crippen LogP contribution in [-0.4, -0.2) is 41.2 Å². The van der Waals surface area contributed by atoms with Gasteiger partial charge in [0.25, 0.3) is 0 Å². The minimum atomic E-state index is -0.296. The predicted molar refractivity (Wildman–Crippen MR) is 92.9 cm³/mol. The van der Waals surface area contributed by atoms with Crippen molar-refractivity contribution in [2.24, 2.45) is 0 Å². The molecule has 0 unspecified atom stereocenters. The van der Waals surface area contributed by atoms with E-state index >= 15 is 0 Å². The minimum Gasteiger partial charge on any atom is -0.372 e. The molecule has 1 aliphatic rings. The lowest BCUT2D eigenvalue weighted by Gasteiger charge is -2.38. The Morgan fingerprint density at radius 3 is 2.96 bits per heavy atom. The monoisotopic (exact) mass is 331 g/mol. The van der Waals surface area contributed by atoms with Crippen molar-refractivity contribution in [3.63, 3.8) is 0 Å². The summed E-state index contributed by atoms with van der Waals surface area (Å²) in [5.74, 6) is 0. The molecule has 2 aromatic rings. The summed E-state index contributed by atoms with van der Waals surface area (Å²) in [6.45, 7) is 7.74. The molecule has 0 radical (unpaired) electrons. The van der Waals surface area contributed by atoms with Gasteiger partial charge in [-0.1, -0.05) is 12.1 Å². The summed E-state index contributed by atoms with van der Waals surface area (Å²) in [5.41, 5.74) is 2.51. The van der Waals surface area contributed by atoms with Crippen molar-refractivity contribution in [3.8, 4) is 10.6 Å². The number of ether oxygens (including phenoxy) is 1. The van der Waals surface area contributed by atoms with Crippen LogP contribution in [0.1, 0.15) is 19.5 Å². The standard InChI is InChI=1S/C17H21N3O2S/c1-12-10-23-15(18-12)13-5-4-6-14(9-13)19-16(21)20-7-8-22-17(2,3)11-20/h4-6,9-10H,7-8,11H2,1-3H3,(H,19,21). The SMILES string of the molecule is Cc1csc(-c2cccc(NC(=O)N3CCOC(C)(C)C3)c2)n1. The number of aryl methyl sites for hydroxylation is 1. The van der Waals surface area contributed by atoms with E-state index in [0.29, 0.717) is 19.7 Å². The molecule has 1 aromatic carbocycles. The molecule has 5 nitrogen and oxygen atoms in total. The molecule has 1 fully saturated rings. The number of nitrogens with zero attached hydrogens (tertiary/aromatic N) is 2. The van der Waals surface area contributed by atoms with Crippen LogP contribution in [0.15, 0.2) is 29.6 Å². The highest BCUT2D eigenvalue weighted by Crippen LogP contribution is 2.26. The van der Waals surface area contributed by atoms with E-state index in [0.717, 1.165) is 22.0 Å². The molecule has 0 aliphatic carbocycles. The van der Waals surface area contributed by atoms with Crippen molar-refractivity contribution < 1.29 is 9.53 Å². The number of carbonyl (C=O) groups is 1. The number of amides is 2. The normalized spacial score (nSPS) is 17.1. The highest BCUT2D eigenvalue weighted by molar-refractivity contribution is 7.13. The largest absolute Gasteiger partial charge is 0.372 e. The Morgan fingerprint density at radius 1 is 1.43 bits per heavy atom. The van der Waals surface area contributed by atoms with E-state index in [-0.39, 0.29) is 11.6 Å². The van der Waals surface area contributed by atoms with Crippen molar-refractivity contribution >= 4 is 23.1 Å². The molecule has 6 heteroatoms. The molecule has 2 heterocycles. The maximum Gasteiger partial charge on any atom is 0.322 e. The van der Waals surface area contributed by atoms with Gasteiger partial charge in [0.1, 0.15) is 5.01 Å². The molecule has 1 N–H and O–H groups in total. The molecule has 0 spiro atoms. The summed E-state index contributed by atoms with van der Waals surface area (Å²) < 4.78 is 5.65. The third kappa shape index (κ3) is 3.89. The molecule has 1 saturated heterocycles. The van der Waals surface area contributed by atoms with E-state index in [2.05, 4.69) is 10.3 Å². The van der Waals surface area contributed by atoms with Gasteiger partial charge in [-0.05, 0) is 32.9 Å². The lowest BCUT2D eigenvalue weighted by molar-refractivity contribution is -0.0720. The van der Waals surface area contributed by atoms with Gasteiger partial charge in [0.15, 0.2) is 0 Å². The van der Waals surface area contributed by atoms with Crippen LogP contribution in [0.25, 0.3) is 10.6 Å². The van der Waals surface area contributed by atoms with Gasteiger partial charge in [-0.25, -0.2) is 9.78 Å². The van der Waals surface area contributed by atoms with Crippen LogP contribution in [0, 0.1) is 6.92 Å². The van der Waals surface area contributed by atoms with Crippen LogP contribution in [0.5, 0.6) is 0 Å². The van der Waals surface area contributed by atoms with E-state index in [1.54, 1.807) is 16.2 Å². The van der Waals surface area contributed by atoms with Gasteiger partial charge in [0.05, 0.1) is 18.8 Å². The summed E-state index contributed by atoms with van der Waals surface area (Å²) in [6, 6.07) is 7.71. The smallest absolute Gasteiger partial charge is 0.322 e. The number of nitrogens with one attached hydrogen (secondary N) is 1. The Kier molecular flexibility index (Phi) is 4.37. The fourth-order valence-electron chi connectivity index (χ4n) is 2.61. The zero-order valence-corrected chi connectivity index (χ0v) is 14.4. The van der Waals surface area contributed by atoms with Crippen LogP contribution in [0.3, 0.4) is 0 Å². The van der Waals surface area contributed by atoms with E-state index in [1.165, 1.54) is 0 Å². The van der Waals surface area contributed by atoms with E-state index in [9.17, 15) is 4.79 Å². The van der Waals surface area contributed by atoms with Crippen LogP contribution < -0.4 is 5.32 Å². The average Bonchev–Trinajstić information content (AvgIpc) is 2.93. The van der Waals surface area contributed by atoms with Crippen molar-refractivity contribution in [2.75, 3.05) is 25.0 Å². The van der Waals surface area contributed by atoms with E-state index in [4.69, 9.17) is 4.74 Å². The Bertz CT molecular complexity index is 711. The quantitative estimate of drug-likeness (QED) is 0.911. The second-order valence-electron chi connectivity index (χ2n) is 6.33. The second kappa shape index (κ2) is 6.29. The zero-order chi connectivity index (χ0) is 16.4. The first-order chi connectivity index (χ1) is 10.9. The molecular formula is C17H21N3O2S. The Labute approximate surface area is 140 Å². The summed E-state index contributed by atoms with van der Waals surface area (Å²) in [4.78, 5) is 18.7. The number of carbonyl (C=O) groups excluding carboxylic acids is 1. The van der Waals surface area contributed by atoms with Gasteiger partial charge in [0.2, 0.25) is 0 Å². The van der Waals surface area contributed by atoms with Gasteiger partial charge < -0.3 is 15.0 Å². The van der Waals surface area contributed by atoms with Crippen molar-refractivity contribution in [2.45, 2.75) is 26.4 Å². The number of morpholine rings is 1. The van der Waals surface area contributed by atoms with Crippen molar-refractivity contribution in [1.82, 2.24) is 9.88 Å². The van der Waals surface area contributed by atoms with Crippen LogP contribution in [0.2, 0.25) is 0 Å². The molecule has 3 rings (SSSR count). The Hall–Kier alpha value is -1.92. The Morgan fingerprint density at radius 2 is 2.26 bits per heavy atom. The summed E-state index contributed by atoms with van der Waals surface area (Å²) in [5, 5.41) is 5.96. The molecule has 122 valence electrons. The highest BCUT2D eigenvalue weighted by atomic mass is 32.1. The zero-order valence-electron chi connectivity index (χ0n) is 13.6.